The molecule has 1 saturated heterocycles. The van der Waals surface area contributed by atoms with Gasteiger partial charge in [0.2, 0.25) is 0 Å². The SMILES string of the molecule is C[C@@]1(n2c3ccccc3c3c4c(c5c6ccccc6[nH]c5c32)C(=O)NC4)CCCCO1. The van der Waals surface area contributed by atoms with E-state index in [1.807, 2.05) is 12.1 Å². The van der Waals surface area contributed by atoms with Crippen LogP contribution in [-0.2, 0) is 17.0 Å². The third-order valence-electron chi connectivity index (χ3n) is 7.24. The Labute approximate surface area is 179 Å². The highest BCUT2D eigenvalue weighted by Gasteiger charge is 2.37. The fourth-order valence-corrected chi connectivity index (χ4v) is 5.91. The molecule has 5 aromatic rings. The van der Waals surface area contributed by atoms with Gasteiger partial charge in [-0.2, -0.15) is 0 Å². The lowest BCUT2D eigenvalue weighted by Gasteiger charge is -2.36. The average molecular weight is 409 g/mol. The third-order valence-corrected chi connectivity index (χ3v) is 7.24. The van der Waals surface area contributed by atoms with Crippen molar-refractivity contribution in [3.05, 3.63) is 59.7 Å². The molecule has 2 aliphatic heterocycles. The molecule has 2 aromatic heterocycles. The molecule has 5 heteroatoms. The summed E-state index contributed by atoms with van der Waals surface area (Å²) in [5, 5.41) is 7.56. The summed E-state index contributed by atoms with van der Waals surface area (Å²) in [4.78, 5) is 16.7. The zero-order valence-corrected chi connectivity index (χ0v) is 17.4. The average Bonchev–Trinajstić information content (AvgIpc) is 3.45. The van der Waals surface area contributed by atoms with Crippen LogP contribution in [0.3, 0.4) is 0 Å². The summed E-state index contributed by atoms with van der Waals surface area (Å²) >= 11 is 0. The largest absolute Gasteiger partial charge is 0.356 e. The van der Waals surface area contributed by atoms with E-state index in [9.17, 15) is 4.79 Å². The van der Waals surface area contributed by atoms with Crippen molar-refractivity contribution in [2.45, 2.75) is 38.5 Å². The number of carbonyl (C=O) groups is 1. The Hall–Kier alpha value is -3.31. The number of nitrogens with zero attached hydrogens (tertiary/aromatic N) is 1. The number of aromatic nitrogens is 2. The number of benzene rings is 3. The highest BCUT2D eigenvalue weighted by atomic mass is 16.5. The first-order valence-electron chi connectivity index (χ1n) is 11.1. The van der Waals surface area contributed by atoms with Gasteiger partial charge in [-0.15, -0.1) is 0 Å². The van der Waals surface area contributed by atoms with Gasteiger partial charge in [-0.1, -0.05) is 36.4 Å². The molecule has 7 rings (SSSR count). The van der Waals surface area contributed by atoms with Crippen LogP contribution in [0.5, 0.6) is 0 Å². The zero-order valence-electron chi connectivity index (χ0n) is 17.4. The number of rotatable bonds is 1. The number of amides is 1. The number of hydrogen-bond acceptors (Lipinski definition) is 2. The number of H-pyrrole nitrogens is 1. The molecular weight excluding hydrogens is 386 g/mol. The molecule has 31 heavy (non-hydrogen) atoms. The van der Waals surface area contributed by atoms with Gasteiger partial charge < -0.3 is 19.6 Å². The van der Waals surface area contributed by atoms with Gasteiger partial charge in [0, 0.05) is 40.2 Å². The summed E-state index contributed by atoms with van der Waals surface area (Å²) in [6.07, 6.45) is 3.21. The molecule has 1 amide bonds. The molecule has 0 radical (unpaired) electrons. The van der Waals surface area contributed by atoms with Crippen LogP contribution in [0.1, 0.15) is 42.1 Å². The van der Waals surface area contributed by atoms with Crippen molar-refractivity contribution in [1.29, 1.82) is 0 Å². The molecule has 1 fully saturated rings. The Kier molecular flexibility index (Phi) is 3.30. The van der Waals surface area contributed by atoms with Crippen LogP contribution in [0.2, 0.25) is 0 Å². The first kappa shape index (κ1) is 17.4. The fourth-order valence-electron chi connectivity index (χ4n) is 5.91. The zero-order chi connectivity index (χ0) is 20.7. The smallest absolute Gasteiger partial charge is 0.252 e. The van der Waals surface area contributed by atoms with E-state index in [4.69, 9.17) is 4.74 Å². The highest BCUT2D eigenvalue weighted by Crippen LogP contribution is 2.46. The van der Waals surface area contributed by atoms with Crippen molar-refractivity contribution < 1.29 is 9.53 Å². The minimum atomic E-state index is -0.423. The van der Waals surface area contributed by atoms with Crippen molar-refractivity contribution in [3.8, 4) is 0 Å². The molecule has 1 atom stereocenters. The predicted octanol–water partition coefficient (Wildman–Crippen LogP) is 5.55. The summed E-state index contributed by atoms with van der Waals surface area (Å²) in [7, 11) is 0. The number of carbonyl (C=O) groups excluding carboxylic acids is 1. The van der Waals surface area contributed by atoms with Crippen LogP contribution < -0.4 is 5.32 Å². The summed E-state index contributed by atoms with van der Waals surface area (Å²) in [5.41, 5.74) is 5.89. The summed E-state index contributed by atoms with van der Waals surface area (Å²) in [6, 6.07) is 16.8. The van der Waals surface area contributed by atoms with Gasteiger partial charge in [-0.3, -0.25) is 4.79 Å². The monoisotopic (exact) mass is 409 g/mol. The van der Waals surface area contributed by atoms with E-state index in [0.29, 0.717) is 6.54 Å². The number of fused-ring (bicyclic) bond motifs is 10. The number of aromatic amines is 1. The molecule has 0 aliphatic carbocycles. The normalized spacial score (nSPS) is 21.4. The van der Waals surface area contributed by atoms with Crippen LogP contribution in [0, 0.1) is 0 Å². The maximum atomic E-state index is 13.0. The topological polar surface area (TPSA) is 59.0 Å². The second kappa shape index (κ2) is 5.89. The van der Waals surface area contributed by atoms with Crippen LogP contribution in [0.25, 0.3) is 43.6 Å². The van der Waals surface area contributed by atoms with Crippen molar-refractivity contribution in [1.82, 2.24) is 14.9 Å². The molecule has 0 saturated carbocycles. The van der Waals surface area contributed by atoms with E-state index in [-0.39, 0.29) is 5.91 Å². The van der Waals surface area contributed by atoms with Crippen molar-refractivity contribution in [2.24, 2.45) is 0 Å². The lowest BCUT2D eigenvalue weighted by atomic mass is 9.97. The lowest BCUT2D eigenvalue weighted by molar-refractivity contribution is -0.117. The molecule has 5 nitrogen and oxygen atoms in total. The number of para-hydroxylation sites is 2. The minimum absolute atomic E-state index is 0.0172. The molecule has 0 bridgehead atoms. The van der Waals surface area contributed by atoms with E-state index >= 15 is 0 Å². The lowest BCUT2D eigenvalue weighted by Crippen LogP contribution is -2.36. The molecule has 154 valence electrons. The quantitative estimate of drug-likeness (QED) is 0.382. The van der Waals surface area contributed by atoms with E-state index < -0.39 is 5.72 Å². The molecule has 0 spiro atoms. The van der Waals surface area contributed by atoms with Crippen LogP contribution in [0.4, 0.5) is 0 Å². The van der Waals surface area contributed by atoms with Crippen LogP contribution in [0.15, 0.2) is 48.5 Å². The Morgan fingerprint density at radius 2 is 1.81 bits per heavy atom. The van der Waals surface area contributed by atoms with Crippen molar-refractivity contribution in [3.63, 3.8) is 0 Å². The van der Waals surface area contributed by atoms with Crippen molar-refractivity contribution >= 4 is 49.5 Å². The highest BCUT2D eigenvalue weighted by molar-refractivity contribution is 6.30. The van der Waals surface area contributed by atoms with Crippen LogP contribution >= 0.6 is 0 Å². The molecule has 0 unspecified atom stereocenters. The molecule has 2 aliphatic rings. The van der Waals surface area contributed by atoms with Gasteiger partial charge in [-0.05, 0) is 43.9 Å². The fraction of sp³-hybridized carbons (Fsp3) is 0.269. The third kappa shape index (κ3) is 2.12. The Bertz CT molecular complexity index is 1550. The predicted molar refractivity (Wildman–Crippen MR) is 123 cm³/mol. The second-order valence-electron chi connectivity index (χ2n) is 9.01. The van der Waals surface area contributed by atoms with Gasteiger partial charge in [0.1, 0.15) is 5.72 Å². The van der Waals surface area contributed by atoms with Crippen LogP contribution in [-0.4, -0.2) is 22.1 Å². The molecule has 3 aromatic carbocycles. The molecular formula is C26H23N3O2. The minimum Gasteiger partial charge on any atom is -0.356 e. The van der Waals surface area contributed by atoms with Gasteiger partial charge in [0.25, 0.3) is 5.91 Å². The first-order valence-corrected chi connectivity index (χ1v) is 11.1. The Balaban J connectivity index is 1.79. The number of nitrogens with one attached hydrogen (secondary N) is 2. The van der Waals surface area contributed by atoms with Crippen molar-refractivity contribution in [2.75, 3.05) is 6.61 Å². The standard InChI is InChI=1S/C26H23N3O2/c1-26(12-6-7-13-31-26)29-19-11-5-3-9-16(19)20-17-14-27-25(30)22(17)21-15-8-2-4-10-18(15)28-23(21)24(20)29/h2-5,8-11,28H,6-7,12-14H2,1H3,(H,27,30)/t26-/m0/s1. The summed E-state index contributed by atoms with van der Waals surface area (Å²) in [6.45, 7) is 3.54. The van der Waals surface area contributed by atoms with E-state index in [1.54, 1.807) is 0 Å². The van der Waals surface area contributed by atoms with Gasteiger partial charge in [0.15, 0.2) is 0 Å². The summed E-state index contributed by atoms with van der Waals surface area (Å²) in [5.74, 6) is 0.0172. The Morgan fingerprint density at radius 3 is 2.65 bits per heavy atom. The number of ether oxygens (including phenoxy) is 1. The Morgan fingerprint density at radius 1 is 1.00 bits per heavy atom. The summed E-state index contributed by atoms with van der Waals surface area (Å²) < 4.78 is 8.86. The van der Waals surface area contributed by atoms with Gasteiger partial charge in [0.05, 0.1) is 22.1 Å². The van der Waals surface area contributed by atoms with Gasteiger partial charge in [-0.25, -0.2) is 0 Å². The van der Waals surface area contributed by atoms with E-state index in [0.717, 1.165) is 69.8 Å². The maximum absolute atomic E-state index is 13.0. The first-order chi connectivity index (χ1) is 15.2. The second-order valence-corrected chi connectivity index (χ2v) is 9.01. The van der Waals surface area contributed by atoms with E-state index in [1.165, 1.54) is 10.8 Å². The molecule has 2 N–H and O–H groups in total. The molecule has 4 heterocycles. The maximum Gasteiger partial charge on any atom is 0.252 e. The van der Waals surface area contributed by atoms with Gasteiger partial charge >= 0.3 is 0 Å². The number of hydrogen-bond donors (Lipinski definition) is 2. The van der Waals surface area contributed by atoms with E-state index in [2.05, 4.69) is 58.2 Å².